The van der Waals surface area contributed by atoms with Crippen molar-refractivity contribution in [3.8, 4) is 17.0 Å². The van der Waals surface area contributed by atoms with Gasteiger partial charge in [0, 0.05) is 24.8 Å². The Kier molecular flexibility index (Phi) is 4.16. The number of alkyl halides is 2. The van der Waals surface area contributed by atoms with E-state index in [1.165, 1.54) is 30.5 Å². The van der Waals surface area contributed by atoms with Crippen LogP contribution in [0.3, 0.4) is 0 Å². The van der Waals surface area contributed by atoms with Gasteiger partial charge in [-0.05, 0) is 23.8 Å². The van der Waals surface area contributed by atoms with Gasteiger partial charge in [0.2, 0.25) is 11.8 Å². The summed E-state index contributed by atoms with van der Waals surface area (Å²) in [6.45, 7) is -1.47. The maximum absolute atomic E-state index is 12.1. The molecule has 5 nitrogen and oxygen atoms in total. The van der Waals surface area contributed by atoms with Crippen molar-refractivity contribution < 1.29 is 18.3 Å². The highest BCUT2D eigenvalue weighted by Gasteiger charge is 2.09. The van der Waals surface area contributed by atoms with Gasteiger partial charge in [-0.1, -0.05) is 17.4 Å². The van der Waals surface area contributed by atoms with Gasteiger partial charge in [-0.2, -0.15) is 8.78 Å². The van der Waals surface area contributed by atoms with Gasteiger partial charge >= 0.3 is 6.61 Å². The first kappa shape index (κ1) is 15.3. The average Bonchev–Trinajstić information content (AvgIpc) is 2.87. The Hall–Kier alpha value is -2.61. The number of nitrogens with zero attached hydrogens (tertiary/aromatic N) is 2. The number of thiazole rings is 1. The SMILES string of the molecule is CC(=O)Nc1nc2ccc(-c3ccc(OC(F)F)nc3)cc2s1. The van der Waals surface area contributed by atoms with Crippen molar-refractivity contribution in [2.24, 2.45) is 0 Å². The van der Waals surface area contributed by atoms with Crippen LogP contribution in [0.4, 0.5) is 13.9 Å². The maximum Gasteiger partial charge on any atom is 0.388 e. The summed E-state index contributed by atoms with van der Waals surface area (Å²) in [5.41, 5.74) is 2.41. The molecule has 0 bridgehead atoms. The van der Waals surface area contributed by atoms with Crippen molar-refractivity contribution in [1.29, 1.82) is 0 Å². The van der Waals surface area contributed by atoms with Crippen LogP contribution in [0, 0.1) is 0 Å². The van der Waals surface area contributed by atoms with Crippen molar-refractivity contribution in [1.82, 2.24) is 9.97 Å². The lowest BCUT2D eigenvalue weighted by atomic mass is 10.1. The molecule has 1 N–H and O–H groups in total. The first-order valence-corrected chi connectivity index (χ1v) is 7.42. The first-order valence-electron chi connectivity index (χ1n) is 6.61. The second kappa shape index (κ2) is 6.25. The molecular formula is C15H11F2N3O2S. The summed E-state index contributed by atoms with van der Waals surface area (Å²) in [5, 5.41) is 3.18. The summed E-state index contributed by atoms with van der Waals surface area (Å²) in [5.74, 6) is -0.307. The van der Waals surface area contributed by atoms with Gasteiger partial charge in [-0.15, -0.1) is 0 Å². The number of hydrogen-bond donors (Lipinski definition) is 1. The molecule has 0 unspecified atom stereocenters. The van der Waals surface area contributed by atoms with Gasteiger partial charge in [-0.3, -0.25) is 4.79 Å². The van der Waals surface area contributed by atoms with E-state index in [0.29, 0.717) is 5.13 Å². The van der Waals surface area contributed by atoms with Crippen molar-refractivity contribution in [3.05, 3.63) is 36.5 Å². The van der Waals surface area contributed by atoms with Crippen LogP contribution in [0.1, 0.15) is 6.92 Å². The Balaban J connectivity index is 1.88. The van der Waals surface area contributed by atoms with E-state index in [4.69, 9.17) is 0 Å². The third-order valence-electron chi connectivity index (χ3n) is 2.95. The molecule has 2 aromatic heterocycles. The molecule has 1 aromatic carbocycles. The minimum Gasteiger partial charge on any atom is -0.417 e. The number of carbonyl (C=O) groups excluding carboxylic acids is 1. The Morgan fingerprint density at radius 1 is 1.26 bits per heavy atom. The van der Waals surface area contributed by atoms with E-state index in [2.05, 4.69) is 20.0 Å². The molecule has 0 fully saturated rings. The fourth-order valence-corrected chi connectivity index (χ4v) is 2.97. The number of aromatic nitrogens is 2. The number of pyridine rings is 1. The van der Waals surface area contributed by atoms with E-state index in [0.717, 1.165) is 21.3 Å². The molecule has 23 heavy (non-hydrogen) atoms. The van der Waals surface area contributed by atoms with E-state index >= 15 is 0 Å². The third kappa shape index (κ3) is 3.59. The van der Waals surface area contributed by atoms with E-state index < -0.39 is 6.61 Å². The number of hydrogen-bond acceptors (Lipinski definition) is 5. The summed E-state index contributed by atoms with van der Waals surface area (Å²) in [7, 11) is 0. The summed E-state index contributed by atoms with van der Waals surface area (Å²) in [4.78, 5) is 19.2. The molecule has 0 atom stereocenters. The summed E-state index contributed by atoms with van der Waals surface area (Å²) in [6, 6.07) is 8.63. The van der Waals surface area contributed by atoms with Crippen LogP contribution in [-0.2, 0) is 4.79 Å². The predicted octanol–water partition coefficient (Wildman–Crippen LogP) is 3.92. The molecule has 118 valence electrons. The van der Waals surface area contributed by atoms with Crippen LogP contribution in [-0.4, -0.2) is 22.5 Å². The number of rotatable bonds is 4. The van der Waals surface area contributed by atoms with Crippen LogP contribution < -0.4 is 10.1 Å². The van der Waals surface area contributed by atoms with Gasteiger partial charge in [0.05, 0.1) is 10.2 Å². The largest absolute Gasteiger partial charge is 0.417 e. The number of fused-ring (bicyclic) bond motifs is 1. The highest BCUT2D eigenvalue weighted by atomic mass is 32.1. The minimum absolute atomic E-state index is 0.129. The van der Waals surface area contributed by atoms with E-state index in [9.17, 15) is 13.6 Å². The molecule has 0 saturated carbocycles. The normalized spacial score (nSPS) is 11.0. The fourth-order valence-electron chi connectivity index (χ4n) is 2.02. The minimum atomic E-state index is -2.89. The zero-order chi connectivity index (χ0) is 16.4. The molecule has 3 aromatic rings. The van der Waals surface area contributed by atoms with Crippen LogP contribution in [0.25, 0.3) is 21.3 Å². The predicted molar refractivity (Wildman–Crippen MR) is 83.8 cm³/mol. The van der Waals surface area contributed by atoms with Gasteiger partial charge < -0.3 is 10.1 Å². The maximum atomic E-state index is 12.1. The van der Waals surface area contributed by atoms with E-state index in [1.807, 2.05) is 18.2 Å². The molecule has 0 aliphatic heterocycles. The number of benzene rings is 1. The topological polar surface area (TPSA) is 64.1 Å². The second-order valence-electron chi connectivity index (χ2n) is 4.65. The lowest BCUT2D eigenvalue weighted by molar-refractivity contribution is -0.114. The van der Waals surface area contributed by atoms with E-state index in [1.54, 1.807) is 6.07 Å². The molecule has 0 aliphatic carbocycles. The number of nitrogens with one attached hydrogen (secondary N) is 1. The summed E-state index contributed by atoms with van der Waals surface area (Å²) < 4.78 is 29.4. The lowest BCUT2D eigenvalue weighted by Gasteiger charge is -2.05. The Bertz CT molecular complexity index is 850. The number of anilines is 1. The molecule has 0 saturated heterocycles. The molecule has 0 aliphatic rings. The Morgan fingerprint density at radius 2 is 2.04 bits per heavy atom. The summed E-state index contributed by atoms with van der Waals surface area (Å²) in [6.07, 6.45) is 1.47. The smallest absolute Gasteiger partial charge is 0.388 e. The first-order chi connectivity index (χ1) is 11.0. The van der Waals surface area contributed by atoms with Crippen LogP contribution >= 0.6 is 11.3 Å². The monoisotopic (exact) mass is 335 g/mol. The molecule has 3 rings (SSSR count). The molecule has 0 radical (unpaired) electrons. The lowest BCUT2D eigenvalue weighted by Crippen LogP contribution is -2.04. The van der Waals surface area contributed by atoms with Crippen molar-refractivity contribution >= 4 is 32.6 Å². The Labute approximate surface area is 134 Å². The van der Waals surface area contributed by atoms with Crippen LogP contribution in [0.5, 0.6) is 5.88 Å². The average molecular weight is 335 g/mol. The third-order valence-corrected chi connectivity index (χ3v) is 3.88. The van der Waals surface area contributed by atoms with Crippen molar-refractivity contribution in [2.75, 3.05) is 5.32 Å². The highest BCUT2D eigenvalue weighted by molar-refractivity contribution is 7.22. The zero-order valence-electron chi connectivity index (χ0n) is 11.9. The standard InChI is InChI=1S/C15H11F2N3O2S/c1-8(21)19-15-20-11-4-2-9(6-12(11)23-15)10-3-5-13(18-7-10)22-14(16)17/h2-7,14H,1H3,(H,19,20,21). The zero-order valence-corrected chi connectivity index (χ0v) is 12.7. The number of amides is 1. The van der Waals surface area contributed by atoms with E-state index in [-0.39, 0.29) is 11.8 Å². The van der Waals surface area contributed by atoms with Crippen molar-refractivity contribution in [3.63, 3.8) is 0 Å². The number of halogens is 2. The molecule has 2 heterocycles. The number of ether oxygens (including phenoxy) is 1. The van der Waals surface area contributed by atoms with Crippen molar-refractivity contribution in [2.45, 2.75) is 13.5 Å². The van der Waals surface area contributed by atoms with Gasteiger partial charge in [0.1, 0.15) is 0 Å². The molecular weight excluding hydrogens is 324 g/mol. The molecule has 0 spiro atoms. The van der Waals surface area contributed by atoms with Crippen LogP contribution in [0.15, 0.2) is 36.5 Å². The highest BCUT2D eigenvalue weighted by Crippen LogP contribution is 2.30. The molecule has 8 heteroatoms. The Morgan fingerprint density at radius 3 is 2.70 bits per heavy atom. The van der Waals surface area contributed by atoms with Crippen LogP contribution in [0.2, 0.25) is 0 Å². The summed E-state index contributed by atoms with van der Waals surface area (Å²) >= 11 is 1.36. The van der Waals surface area contributed by atoms with Gasteiger partial charge in [0.15, 0.2) is 5.13 Å². The molecule has 1 amide bonds. The van der Waals surface area contributed by atoms with Gasteiger partial charge in [0.25, 0.3) is 0 Å². The fraction of sp³-hybridized carbons (Fsp3) is 0.133. The van der Waals surface area contributed by atoms with Gasteiger partial charge in [-0.25, -0.2) is 9.97 Å². The quantitative estimate of drug-likeness (QED) is 0.785. The number of carbonyl (C=O) groups is 1. The second-order valence-corrected chi connectivity index (χ2v) is 5.68.